The van der Waals surface area contributed by atoms with Gasteiger partial charge in [0.2, 0.25) is 0 Å². The number of aromatic nitrogens is 4. The SMILES string of the molecule is COCCCn1cnnc1C(C)NC(=O)c1cc(C)ncc1OC. The molecule has 0 radical (unpaired) electrons. The van der Waals surface area contributed by atoms with Crippen molar-refractivity contribution in [3.05, 3.63) is 35.7 Å². The Kier molecular flexibility index (Phi) is 6.25. The standard InChI is InChI=1S/C16H23N5O3/c1-11-8-13(14(24-4)9-17-11)16(22)19-12(2)15-20-18-10-21(15)6-5-7-23-3/h8-10,12H,5-7H2,1-4H3,(H,19,22). The quantitative estimate of drug-likeness (QED) is 0.737. The van der Waals surface area contributed by atoms with E-state index in [1.165, 1.54) is 7.11 Å². The summed E-state index contributed by atoms with van der Waals surface area (Å²) in [6.07, 6.45) is 4.05. The van der Waals surface area contributed by atoms with Crippen LogP contribution in [0.5, 0.6) is 5.75 Å². The minimum Gasteiger partial charge on any atom is -0.494 e. The highest BCUT2D eigenvalue weighted by atomic mass is 16.5. The number of pyridine rings is 1. The maximum absolute atomic E-state index is 12.6. The zero-order valence-electron chi connectivity index (χ0n) is 14.4. The molecule has 1 N–H and O–H groups in total. The van der Waals surface area contributed by atoms with Gasteiger partial charge >= 0.3 is 0 Å². The molecule has 2 aromatic rings. The summed E-state index contributed by atoms with van der Waals surface area (Å²) >= 11 is 0. The lowest BCUT2D eigenvalue weighted by Crippen LogP contribution is -2.29. The highest BCUT2D eigenvalue weighted by molar-refractivity contribution is 5.97. The normalized spacial score (nSPS) is 12.0. The monoisotopic (exact) mass is 333 g/mol. The Labute approximate surface area is 141 Å². The van der Waals surface area contributed by atoms with E-state index in [0.717, 1.165) is 18.7 Å². The van der Waals surface area contributed by atoms with Gasteiger partial charge in [0.25, 0.3) is 5.91 Å². The summed E-state index contributed by atoms with van der Waals surface area (Å²) in [7, 11) is 3.18. The fourth-order valence-electron chi connectivity index (χ4n) is 2.38. The highest BCUT2D eigenvalue weighted by Gasteiger charge is 2.19. The fraction of sp³-hybridized carbons (Fsp3) is 0.500. The number of amides is 1. The molecule has 0 aliphatic heterocycles. The lowest BCUT2D eigenvalue weighted by atomic mass is 10.2. The van der Waals surface area contributed by atoms with Crippen LogP contribution in [0.2, 0.25) is 0 Å². The smallest absolute Gasteiger partial charge is 0.255 e. The molecule has 1 atom stereocenters. The molecule has 0 saturated heterocycles. The van der Waals surface area contributed by atoms with E-state index >= 15 is 0 Å². The van der Waals surface area contributed by atoms with Gasteiger partial charge < -0.3 is 19.4 Å². The van der Waals surface area contributed by atoms with Crippen molar-refractivity contribution in [2.24, 2.45) is 0 Å². The second kappa shape index (κ2) is 8.39. The van der Waals surface area contributed by atoms with Gasteiger partial charge in [-0.3, -0.25) is 9.78 Å². The van der Waals surface area contributed by atoms with Crippen molar-refractivity contribution in [2.75, 3.05) is 20.8 Å². The van der Waals surface area contributed by atoms with Crippen LogP contribution < -0.4 is 10.1 Å². The third-order valence-corrected chi connectivity index (χ3v) is 3.60. The average molecular weight is 333 g/mol. The zero-order chi connectivity index (χ0) is 17.5. The predicted octanol–water partition coefficient (Wildman–Crippen LogP) is 1.52. The largest absolute Gasteiger partial charge is 0.494 e. The number of ether oxygens (including phenoxy) is 2. The second-order valence-electron chi connectivity index (χ2n) is 5.45. The summed E-state index contributed by atoms with van der Waals surface area (Å²) in [5.74, 6) is 0.896. The van der Waals surface area contributed by atoms with E-state index in [1.807, 2.05) is 18.4 Å². The van der Waals surface area contributed by atoms with E-state index in [1.54, 1.807) is 25.7 Å². The molecule has 1 unspecified atom stereocenters. The van der Waals surface area contributed by atoms with E-state index in [4.69, 9.17) is 9.47 Å². The summed E-state index contributed by atoms with van der Waals surface area (Å²) in [4.78, 5) is 16.7. The van der Waals surface area contributed by atoms with Gasteiger partial charge in [-0.25, -0.2) is 0 Å². The van der Waals surface area contributed by atoms with Crippen molar-refractivity contribution in [3.8, 4) is 5.75 Å². The number of carbonyl (C=O) groups excluding carboxylic acids is 1. The molecule has 8 nitrogen and oxygen atoms in total. The molecule has 2 heterocycles. The lowest BCUT2D eigenvalue weighted by Gasteiger charge is -2.16. The molecule has 0 saturated carbocycles. The molecule has 2 aromatic heterocycles. The summed E-state index contributed by atoms with van der Waals surface area (Å²) in [6, 6.07) is 1.41. The Morgan fingerprint density at radius 3 is 2.92 bits per heavy atom. The van der Waals surface area contributed by atoms with E-state index in [0.29, 0.717) is 23.7 Å². The first-order valence-corrected chi connectivity index (χ1v) is 7.75. The van der Waals surface area contributed by atoms with Crippen LogP contribution in [0.3, 0.4) is 0 Å². The van der Waals surface area contributed by atoms with Gasteiger partial charge in [-0.15, -0.1) is 10.2 Å². The molecule has 0 aromatic carbocycles. The van der Waals surface area contributed by atoms with Crippen molar-refractivity contribution in [3.63, 3.8) is 0 Å². The Balaban J connectivity index is 2.10. The van der Waals surface area contributed by atoms with Crippen LogP contribution in [0.15, 0.2) is 18.6 Å². The summed E-state index contributed by atoms with van der Waals surface area (Å²) in [6.45, 7) is 5.08. The van der Waals surface area contributed by atoms with Gasteiger partial charge in [-0.1, -0.05) is 0 Å². The summed E-state index contributed by atoms with van der Waals surface area (Å²) in [5, 5.41) is 11.0. The molecule has 1 amide bonds. The van der Waals surface area contributed by atoms with E-state index < -0.39 is 0 Å². The number of rotatable bonds is 8. The van der Waals surface area contributed by atoms with Crippen LogP contribution in [-0.4, -0.2) is 46.5 Å². The molecule has 8 heteroatoms. The predicted molar refractivity (Wildman–Crippen MR) is 87.9 cm³/mol. The molecule has 0 bridgehead atoms. The van der Waals surface area contributed by atoms with Crippen molar-refractivity contribution < 1.29 is 14.3 Å². The first-order valence-electron chi connectivity index (χ1n) is 7.75. The van der Waals surface area contributed by atoms with Gasteiger partial charge in [-0.05, 0) is 26.3 Å². The summed E-state index contributed by atoms with van der Waals surface area (Å²) < 4.78 is 12.2. The number of carbonyl (C=O) groups is 1. The van der Waals surface area contributed by atoms with Gasteiger partial charge in [-0.2, -0.15) is 0 Å². The molecule has 130 valence electrons. The van der Waals surface area contributed by atoms with Gasteiger partial charge in [0, 0.05) is 26.0 Å². The Morgan fingerprint density at radius 2 is 2.21 bits per heavy atom. The van der Waals surface area contributed by atoms with Gasteiger partial charge in [0.1, 0.15) is 12.1 Å². The van der Waals surface area contributed by atoms with Gasteiger partial charge in [0.15, 0.2) is 5.82 Å². The molecule has 0 aliphatic carbocycles. The number of hydrogen-bond donors (Lipinski definition) is 1. The van der Waals surface area contributed by atoms with Crippen molar-refractivity contribution in [1.29, 1.82) is 0 Å². The Bertz CT molecular complexity index is 686. The maximum Gasteiger partial charge on any atom is 0.255 e. The fourth-order valence-corrected chi connectivity index (χ4v) is 2.38. The van der Waals surface area contributed by atoms with Crippen molar-refractivity contribution in [1.82, 2.24) is 25.1 Å². The number of nitrogens with one attached hydrogen (secondary N) is 1. The Morgan fingerprint density at radius 1 is 1.42 bits per heavy atom. The van der Waals surface area contributed by atoms with E-state index in [2.05, 4.69) is 20.5 Å². The molecule has 0 spiro atoms. The molecular weight excluding hydrogens is 310 g/mol. The maximum atomic E-state index is 12.6. The minimum absolute atomic E-state index is 0.240. The molecule has 0 fully saturated rings. The molecule has 2 rings (SSSR count). The Hall–Kier alpha value is -2.48. The molecular formula is C16H23N5O3. The number of nitrogens with zero attached hydrogens (tertiary/aromatic N) is 4. The zero-order valence-corrected chi connectivity index (χ0v) is 14.4. The molecule has 0 aliphatic rings. The van der Waals surface area contributed by atoms with Crippen molar-refractivity contribution >= 4 is 5.91 Å². The van der Waals surface area contributed by atoms with Crippen LogP contribution in [0.25, 0.3) is 0 Å². The number of hydrogen-bond acceptors (Lipinski definition) is 6. The van der Waals surface area contributed by atoms with E-state index in [9.17, 15) is 4.79 Å². The third-order valence-electron chi connectivity index (χ3n) is 3.60. The number of aryl methyl sites for hydroxylation is 2. The number of methoxy groups -OCH3 is 2. The van der Waals surface area contributed by atoms with Crippen LogP contribution in [-0.2, 0) is 11.3 Å². The molecule has 24 heavy (non-hydrogen) atoms. The average Bonchev–Trinajstić information content (AvgIpc) is 3.03. The topological polar surface area (TPSA) is 91.2 Å². The first kappa shape index (κ1) is 17.9. The van der Waals surface area contributed by atoms with Gasteiger partial charge in [0.05, 0.1) is 24.9 Å². The minimum atomic E-state index is -0.291. The highest BCUT2D eigenvalue weighted by Crippen LogP contribution is 2.19. The summed E-state index contributed by atoms with van der Waals surface area (Å²) in [5.41, 5.74) is 1.19. The van der Waals surface area contributed by atoms with Crippen LogP contribution in [0.4, 0.5) is 0 Å². The third kappa shape index (κ3) is 4.29. The van der Waals surface area contributed by atoms with Crippen LogP contribution in [0.1, 0.15) is 41.3 Å². The van der Waals surface area contributed by atoms with Crippen LogP contribution >= 0.6 is 0 Å². The second-order valence-corrected chi connectivity index (χ2v) is 5.45. The van der Waals surface area contributed by atoms with Crippen molar-refractivity contribution in [2.45, 2.75) is 32.9 Å². The lowest BCUT2D eigenvalue weighted by molar-refractivity contribution is 0.0934. The van der Waals surface area contributed by atoms with E-state index in [-0.39, 0.29) is 11.9 Å². The first-order chi connectivity index (χ1) is 11.6. The van der Waals surface area contributed by atoms with Crippen LogP contribution in [0, 0.1) is 6.92 Å².